The summed E-state index contributed by atoms with van der Waals surface area (Å²) >= 11 is 0. The van der Waals surface area contributed by atoms with E-state index in [0.29, 0.717) is 11.3 Å². The number of carbonyl (C=O) groups is 2. The molecule has 1 amide bonds. The number of benzene rings is 1. The number of esters is 1. The normalized spacial score (nSPS) is 16.0. The topological polar surface area (TPSA) is 116 Å². The zero-order valence-corrected chi connectivity index (χ0v) is 19.6. The van der Waals surface area contributed by atoms with Crippen molar-refractivity contribution in [2.45, 2.75) is 58.6 Å². The fourth-order valence-corrected chi connectivity index (χ4v) is 5.65. The van der Waals surface area contributed by atoms with Crippen molar-refractivity contribution in [3.8, 4) is 5.75 Å². The van der Waals surface area contributed by atoms with Gasteiger partial charge in [0.1, 0.15) is 11.4 Å². The number of ether oxygens (including phenoxy) is 2. The number of amides is 1. The molecule has 0 bridgehead atoms. The SMILES string of the molecule is COc1ccc(CN(N)C(=O)[C@@H](CS(=O)(=O)CC2CCCC2)C(=O)OC(C)(C)C)cc1. The number of hydrogen-bond donors (Lipinski definition) is 1. The van der Waals surface area contributed by atoms with Crippen LogP contribution in [0.2, 0.25) is 0 Å². The summed E-state index contributed by atoms with van der Waals surface area (Å²) in [5.41, 5.74) is -0.145. The van der Waals surface area contributed by atoms with Gasteiger partial charge in [0.05, 0.1) is 25.2 Å². The fraction of sp³-hybridized carbons (Fsp3) is 0.636. The second-order valence-corrected chi connectivity index (χ2v) is 11.3. The number of carbonyl (C=O) groups excluding carboxylic acids is 2. The van der Waals surface area contributed by atoms with Crippen LogP contribution >= 0.6 is 0 Å². The molecule has 2 rings (SSSR count). The van der Waals surface area contributed by atoms with Gasteiger partial charge >= 0.3 is 5.97 Å². The monoisotopic (exact) mass is 454 g/mol. The molecule has 1 saturated carbocycles. The summed E-state index contributed by atoms with van der Waals surface area (Å²) in [5.74, 6) is 2.90. The summed E-state index contributed by atoms with van der Waals surface area (Å²) in [5, 5.41) is 0.876. The first-order chi connectivity index (χ1) is 14.4. The third-order valence-corrected chi connectivity index (χ3v) is 6.99. The van der Waals surface area contributed by atoms with Gasteiger partial charge in [-0.2, -0.15) is 0 Å². The van der Waals surface area contributed by atoms with E-state index in [1.807, 2.05) is 0 Å². The zero-order chi connectivity index (χ0) is 23.2. The van der Waals surface area contributed by atoms with Gasteiger partial charge in [-0.25, -0.2) is 14.3 Å². The van der Waals surface area contributed by atoms with Gasteiger partial charge in [-0.15, -0.1) is 0 Å². The molecule has 1 aliphatic carbocycles. The van der Waals surface area contributed by atoms with E-state index < -0.39 is 39.0 Å². The number of rotatable bonds is 9. The van der Waals surface area contributed by atoms with E-state index in [1.54, 1.807) is 52.1 Å². The maximum Gasteiger partial charge on any atom is 0.320 e. The van der Waals surface area contributed by atoms with Crippen LogP contribution in [-0.4, -0.2) is 49.5 Å². The maximum atomic E-state index is 13.0. The summed E-state index contributed by atoms with van der Waals surface area (Å²) in [6.07, 6.45) is 3.72. The van der Waals surface area contributed by atoms with E-state index in [4.69, 9.17) is 15.3 Å². The Balaban J connectivity index is 2.16. The smallest absolute Gasteiger partial charge is 0.320 e. The number of nitrogens with two attached hydrogens (primary N) is 1. The average molecular weight is 455 g/mol. The van der Waals surface area contributed by atoms with Crippen molar-refractivity contribution in [1.82, 2.24) is 5.01 Å². The van der Waals surface area contributed by atoms with Gasteiger partial charge in [0.15, 0.2) is 15.8 Å². The van der Waals surface area contributed by atoms with Crippen molar-refractivity contribution >= 4 is 21.7 Å². The van der Waals surface area contributed by atoms with E-state index in [-0.39, 0.29) is 18.2 Å². The number of methoxy groups -OCH3 is 1. The maximum absolute atomic E-state index is 13.0. The van der Waals surface area contributed by atoms with Gasteiger partial charge in [0.2, 0.25) is 0 Å². The van der Waals surface area contributed by atoms with E-state index in [1.165, 1.54) is 0 Å². The van der Waals surface area contributed by atoms with Crippen LogP contribution < -0.4 is 10.6 Å². The molecule has 8 nitrogen and oxygen atoms in total. The minimum Gasteiger partial charge on any atom is -0.497 e. The van der Waals surface area contributed by atoms with Gasteiger partial charge in [-0.05, 0) is 57.2 Å². The Morgan fingerprint density at radius 3 is 2.26 bits per heavy atom. The van der Waals surface area contributed by atoms with Crippen LogP contribution in [0.15, 0.2) is 24.3 Å². The van der Waals surface area contributed by atoms with E-state index in [2.05, 4.69) is 0 Å². The fourth-order valence-electron chi connectivity index (χ4n) is 3.68. The van der Waals surface area contributed by atoms with Crippen LogP contribution in [0.25, 0.3) is 0 Å². The van der Waals surface area contributed by atoms with Gasteiger partial charge < -0.3 is 9.47 Å². The molecule has 31 heavy (non-hydrogen) atoms. The molecule has 1 atom stereocenters. The number of hydrazine groups is 1. The first kappa shape index (κ1) is 25.1. The lowest BCUT2D eigenvalue weighted by Gasteiger charge is -2.26. The predicted molar refractivity (Wildman–Crippen MR) is 118 cm³/mol. The molecule has 0 unspecified atom stereocenters. The molecule has 0 saturated heterocycles. The lowest BCUT2D eigenvalue weighted by molar-refractivity contribution is -0.164. The van der Waals surface area contributed by atoms with Crippen molar-refractivity contribution in [2.24, 2.45) is 17.7 Å². The van der Waals surface area contributed by atoms with E-state index in [9.17, 15) is 18.0 Å². The Hall–Kier alpha value is -2.13. The van der Waals surface area contributed by atoms with Crippen LogP contribution in [0.5, 0.6) is 5.75 Å². The van der Waals surface area contributed by atoms with Crippen LogP contribution in [0.3, 0.4) is 0 Å². The Labute approximate surface area is 185 Å². The van der Waals surface area contributed by atoms with Crippen LogP contribution in [0, 0.1) is 11.8 Å². The highest BCUT2D eigenvalue weighted by molar-refractivity contribution is 7.91. The summed E-state index contributed by atoms with van der Waals surface area (Å²) in [6, 6.07) is 6.94. The predicted octanol–water partition coefficient (Wildman–Crippen LogP) is 2.46. The average Bonchev–Trinajstić information content (AvgIpc) is 3.17. The van der Waals surface area contributed by atoms with Gasteiger partial charge in [0.25, 0.3) is 5.91 Å². The summed E-state index contributed by atoms with van der Waals surface area (Å²) < 4.78 is 36.0. The highest BCUT2D eigenvalue weighted by Gasteiger charge is 2.38. The van der Waals surface area contributed by atoms with Crippen molar-refractivity contribution in [1.29, 1.82) is 0 Å². The largest absolute Gasteiger partial charge is 0.497 e. The molecule has 1 aliphatic rings. The lowest BCUT2D eigenvalue weighted by atomic mass is 10.1. The van der Waals surface area contributed by atoms with E-state index >= 15 is 0 Å². The summed E-state index contributed by atoms with van der Waals surface area (Å²) in [7, 11) is -2.10. The Morgan fingerprint density at radius 2 is 1.74 bits per heavy atom. The summed E-state index contributed by atoms with van der Waals surface area (Å²) in [4.78, 5) is 25.8. The molecule has 0 aromatic heterocycles. The molecule has 9 heteroatoms. The standard InChI is InChI=1S/C22H34N2O6S/c1-22(2,3)30-21(26)19(15-31(27,28)14-17-7-5-6-8-17)20(25)24(23)13-16-9-11-18(29-4)12-10-16/h9-12,17,19H,5-8,13-15,23H2,1-4H3/t19-/m1/s1. The summed E-state index contributed by atoms with van der Waals surface area (Å²) in [6.45, 7) is 5.01. The minimum atomic E-state index is -3.65. The third-order valence-electron chi connectivity index (χ3n) is 5.17. The second kappa shape index (κ2) is 10.5. The molecule has 0 radical (unpaired) electrons. The van der Waals surface area contributed by atoms with Gasteiger partial charge in [-0.3, -0.25) is 14.6 Å². The van der Waals surface area contributed by atoms with E-state index in [0.717, 1.165) is 30.7 Å². The highest BCUT2D eigenvalue weighted by Crippen LogP contribution is 2.27. The zero-order valence-electron chi connectivity index (χ0n) is 18.8. The lowest BCUT2D eigenvalue weighted by Crippen LogP contribution is -2.47. The van der Waals surface area contributed by atoms with Crippen LogP contribution in [0.4, 0.5) is 0 Å². The van der Waals surface area contributed by atoms with Gasteiger partial charge in [0, 0.05) is 0 Å². The molecule has 1 aromatic carbocycles. The minimum absolute atomic E-state index is 0.0186. The molecule has 1 aromatic rings. The molecule has 0 aliphatic heterocycles. The molecule has 2 N–H and O–H groups in total. The Bertz CT molecular complexity index is 855. The van der Waals surface area contributed by atoms with Crippen LogP contribution in [-0.2, 0) is 30.7 Å². The van der Waals surface area contributed by atoms with Crippen molar-refractivity contribution in [3.63, 3.8) is 0 Å². The first-order valence-corrected chi connectivity index (χ1v) is 12.3. The Kier molecular flexibility index (Phi) is 8.48. The van der Waals surface area contributed by atoms with Crippen molar-refractivity contribution in [2.75, 3.05) is 18.6 Å². The molecule has 0 spiro atoms. The quantitative estimate of drug-likeness (QED) is 0.200. The number of hydrogen-bond acceptors (Lipinski definition) is 7. The molecular formula is C22H34N2O6S. The molecular weight excluding hydrogens is 420 g/mol. The second-order valence-electron chi connectivity index (χ2n) is 9.13. The third kappa shape index (κ3) is 8.14. The first-order valence-electron chi connectivity index (χ1n) is 10.5. The number of nitrogens with zero attached hydrogens (tertiary/aromatic N) is 1. The Morgan fingerprint density at radius 1 is 1.16 bits per heavy atom. The molecule has 174 valence electrons. The highest BCUT2D eigenvalue weighted by atomic mass is 32.2. The van der Waals surface area contributed by atoms with Crippen LogP contribution in [0.1, 0.15) is 52.0 Å². The molecule has 1 fully saturated rings. The molecule has 0 heterocycles. The van der Waals surface area contributed by atoms with Gasteiger partial charge in [-0.1, -0.05) is 25.0 Å². The van der Waals surface area contributed by atoms with Crippen molar-refractivity contribution in [3.05, 3.63) is 29.8 Å². The number of sulfone groups is 1. The van der Waals surface area contributed by atoms with Crippen molar-refractivity contribution < 1.29 is 27.5 Å².